The highest BCUT2D eigenvalue weighted by Gasteiger charge is 2.15. The summed E-state index contributed by atoms with van der Waals surface area (Å²) in [6, 6.07) is 0. The molecule has 0 heterocycles. The molecule has 0 radical (unpaired) electrons. The van der Waals surface area contributed by atoms with Crippen molar-refractivity contribution in [2.24, 2.45) is 0 Å². The zero-order valence-corrected chi connectivity index (χ0v) is 18.4. The van der Waals surface area contributed by atoms with Gasteiger partial charge in [-0.25, -0.2) is 0 Å². The second kappa shape index (κ2) is 20.6. The fraction of sp³-hybridized carbons (Fsp3) is 0.913. The van der Waals surface area contributed by atoms with Crippen LogP contribution in [0, 0.1) is 0 Å². The van der Waals surface area contributed by atoms with E-state index < -0.39 is 6.10 Å². The zero-order chi connectivity index (χ0) is 20.9. The van der Waals surface area contributed by atoms with Crippen molar-refractivity contribution in [3.63, 3.8) is 0 Å². The van der Waals surface area contributed by atoms with Gasteiger partial charge in [0.15, 0.2) is 6.10 Å². The normalized spacial score (nSPS) is 12.0. The predicted octanol–water partition coefficient (Wildman–Crippen LogP) is 5.72. The number of carbonyl (C=O) groups excluding carboxylic acids is 2. The number of hydrogen-bond acceptors (Lipinski definition) is 5. The van der Waals surface area contributed by atoms with E-state index in [9.17, 15) is 14.7 Å². The van der Waals surface area contributed by atoms with Crippen LogP contribution in [0.2, 0.25) is 0 Å². The van der Waals surface area contributed by atoms with Gasteiger partial charge in [-0.3, -0.25) is 9.59 Å². The van der Waals surface area contributed by atoms with Crippen LogP contribution in [0.4, 0.5) is 0 Å². The Morgan fingerprint density at radius 2 is 1.11 bits per heavy atom. The van der Waals surface area contributed by atoms with Gasteiger partial charge in [0.2, 0.25) is 0 Å². The van der Waals surface area contributed by atoms with E-state index in [0.29, 0.717) is 12.8 Å². The first-order chi connectivity index (χ1) is 13.6. The van der Waals surface area contributed by atoms with Gasteiger partial charge in [-0.15, -0.1) is 0 Å². The molecule has 0 saturated carbocycles. The van der Waals surface area contributed by atoms with E-state index in [0.717, 1.165) is 38.5 Å². The number of esters is 2. The van der Waals surface area contributed by atoms with Gasteiger partial charge in [0, 0.05) is 12.8 Å². The van der Waals surface area contributed by atoms with E-state index in [1.165, 1.54) is 51.4 Å². The van der Waals surface area contributed by atoms with Gasteiger partial charge >= 0.3 is 11.9 Å². The Hall–Kier alpha value is -1.10. The molecule has 0 fully saturated rings. The van der Waals surface area contributed by atoms with E-state index in [4.69, 9.17) is 9.47 Å². The Bertz CT molecular complexity index is 370. The van der Waals surface area contributed by atoms with Crippen LogP contribution < -0.4 is 0 Å². The summed E-state index contributed by atoms with van der Waals surface area (Å²) in [5, 5.41) is 9.29. The summed E-state index contributed by atoms with van der Waals surface area (Å²) in [6.45, 7) is 3.92. The maximum Gasteiger partial charge on any atom is 0.306 e. The second-order valence-electron chi connectivity index (χ2n) is 7.72. The van der Waals surface area contributed by atoms with Crippen LogP contribution in [0.25, 0.3) is 0 Å². The molecule has 5 nitrogen and oxygen atoms in total. The summed E-state index contributed by atoms with van der Waals surface area (Å²) in [6.07, 6.45) is 16.4. The minimum absolute atomic E-state index is 0.0640. The largest absolute Gasteiger partial charge is 0.462 e. The molecule has 0 amide bonds. The molecule has 0 bridgehead atoms. The van der Waals surface area contributed by atoms with Crippen LogP contribution in [0.15, 0.2) is 0 Å². The number of aliphatic hydroxyl groups is 1. The maximum atomic E-state index is 11.9. The minimum Gasteiger partial charge on any atom is -0.462 e. The summed E-state index contributed by atoms with van der Waals surface area (Å²) < 4.78 is 10.3. The topological polar surface area (TPSA) is 72.8 Å². The van der Waals surface area contributed by atoms with E-state index in [1.807, 2.05) is 0 Å². The van der Waals surface area contributed by atoms with Crippen molar-refractivity contribution in [2.45, 2.75) is 123 Å². The third kappa shape index (κ3) is 18.3. The number of ether oxygens (including phenoxy) is 2. The van der Waals surface area contributed by atoms with Crippen LogP contribution in [0.3, 0.4) is 0 Å². The SMILES string of the molecule is CCCCCCCCCCCCCC(=O)OC(CO)COC(=O)CCCCC. The molecule has 0 aliphatic rings. The van der Waals surface area contributed by atoms with Crippen molar-refractivity contribution in [3.05, 3.63) is 0 Å². The Kier molecular flexibility index (Phi) is 19.8. The van der Waals surface area contributed by atoms with Gasteiger partial charge in [-0.05, 0) is 12.8 Å². The summed E-state index contributed by atoms with van der Waals surface area (Å²) in [4.78, 5) is 23.4. The molecule has 28 heavy (non-hydrogen) atoms. The molecular formula is C23H44O5. The van der Waals surface area contributed by atoms with Crippen LogP contribution in [0.5, 0.6) is 0 Å². The Labute approximate surface area is 172 Å². The Morgan fingerprint density at radius 1 is 0.679 bits per heavy atom. The van der Waals surface area contributed by atoms with Crippen molar-refractivity contribution >= 4 is 11.9 Å². The molecule has 0 aromatic rings. The summed E-state index contributed by atoms with van der Waals surface area (Å²) in [5.41, 5.74) is 0. The molecule has 1 atom stereocenters. The molecule has 0 spiro atoms. The van der Waals surface area contributed by atoms with Gasteiger partial charge in [0.1, 0.15) is 6.61 Å². The lowest BCUT2D eigenvalue weighted by molar-refractivity contribution is -0.161. The molecule has 0 aromatic carbocycles. The predicted molar refractivity (Wildman–Crippen MR) is 113 cm³/mol. The number of unbranched alkanes of at least 4 members (excludes halogenated alkanes) is 12. The maximum absolute atomic E-state index is 11.9. The first-order valence-corrected chi connectivity index (χ1v) is 11.6. The minimum atomic E-state index is -0.754. The molecule has 0 saturated heterocycles. The standard InChI is InChI=1S/C23H44O5/c1-3-5-7-8-9-10-11-12-13-14-16-18-23(26)28-21(19-24)20-27-22(25)17-15-6-4-2/h21,24H,3-20H2,1-2H3. The lowest BCUT2D eigenvalue weighted by Crippen LogP contribution is -2.28. The Morgan fingerprint density at radius 3 is 1.64 bits per heavy atom. The fourth-order valence-corrected chi connectivity index (χ4v) is 3.08. The van der Waals surface area contributed by atoms with Crippen LogP contribution in [-0.4, -0.2) is 36.4 Å². The van der Waals surface area contributed by atoms with Gasteiger partial charge in [-0.2, -0.15) is 0 Å². The van der Waals surface area contributed by atoms with Crippen LogP contribution >= 0.6 is 0 Å². The van der Waals surface area contributed by atoms with E-state index in [2.05, 4.69) is 13.8 Å². The third-order valence-electron chi connectivity index (χ3n) is 4.90. The molecular weight excluding hydrogens is 356 g/mol. The molecule has 5 heteroatoms. The van der Waals surface area contributed by atoms with Gasteiger partial charge in [0.25, 0.3) is 0 Å². The average molecular weight is 401 g/mol. The monoisotopic (exact) mass is 400 g/mol. The first kappa shape index (κ1) is 26.9. The van der Waals surface area contributed by atoms with Crippen molar-refractivity contribution in [1.29, 1.82) is 0 Å². The third-order valence-corrected chi connectivity index (χ3v) is 4.90. The molecule has 0 aliphatic carbocycles. The number of rotatable bonds is 20. The molecule has 0 rings (SSSR count). The summed E-state index contributed by atoms with van der Waals surface area (Å²) >= 11 is 0. The van der Waals surface area contributed by atoms with Crippen molar-refractivity contribution < 1.29 is 24.2 Å². The lowest BCUT2D eigenvalue weighted by Gasteiger charge is -2.15. The summed E-state index contributed by atoms with van der Waals surface area (Å²) in [5.74, 6) is -0.620. The number of carbonyl (C=O) groups is 2. The lowest BCUT2D eigenvalue weighted by atomic mass is 10.1. The van der Waals surface area contributed by atoms with Gasteiger partial charge in [0.05, 0.1) is 6.61 Å². The highest BCUT2D eigenvalue weighted by atomic mass is 16.6. The van der Waals surface area contributed by atoms with Crippen molar-refractivity contribution in [1.82, 2.24) is 0 Å². The van der Waals surface area contributed by atoms with E-state index >= 15 is 0 Å². The molecule has 0 aromatic heterocycles. The highest BCUT2D eigenvalue weighted by Crippen LogP contribution is 2.12. The smallest absolute Gasteiger partial charge is 0.306 e. The van der Waals surface area contributed by atoms with Crippen molar-refractivity contribution in [3.8, 4) is 0 Å². The second-order valence-corrected chi connectivity index (χ2v) is 7.72. The van der Waals surface area contributed by atoms with Crippen molar-refractivity contribution in [2.75, 3.05) is 13.2 Å². The molecule has 1 unspecified atom stereocenters. The van der Waals surface area contributed by atoms with Crippen LogP contribution in [-0.2, 0) is 19.1 Å². The average Bonchev–Trinajstić information content (AvgIpc) is 2.69. The molecule has 0 aliphatic heterocycles. The number of hydrogen-bond donors (Lipinski definition) is 1. The van der Waals surface area contributed by atoms with Gasteiger partial charge in [-0.1, -0.05) is 90.9 Å². The van der Waals surface area contributed by atoms with E-state index in [-0.39, 0.29) is 25.2 Å². The van der Waals surface area contributed by atoms with E-state index in [1.54, 1.807) is 0 Å². The quantitative estimate of drug-likeness (QED) is 0.209. The molecule has 1 N–H and O–H groups in total. The molecule has 166 valence electrons. The fourth-order valence-electron chi connectivity index (χ4n) is 3.08. The van der Waals surface area contributed by atoms with Crippen LogP contribution in [0.1, 0.15) is 117 Å². The summed E-state index contributed by atoms with van der Waals surface area (Å²) in [7, 11) is 0. The Balaban J connectivity index is 3.58. The van der Waals surface area contributed by atoms with Gasteiger partial charge < -0.3 is 14.6 Å². The zero-order valence-electron chi connectivity index (χ0n) is 18.4. The highest BCUT2D eigenvalue weighted by molar-refractivity contribution is 5.70. The first-order valence-electron chi connectivity index (χ1n) is 11.6. The number of aliphatic hydroxyl groups excluding tert-OH is 1.